The Kier molecular flexibility index (Phi) is 6.68. The molecule has 0 spiro atoms. The van der Waals surface area contributed by atoms with Crippen LogP contribution in [0.2, 0.25) is 0 Å². The van der Waals surface area contributed by atoms with E-state index in [4.69, 9.17) is 0 Å². The molecule has 0 aromatic heterocycles. The fourth-order valence-electron chi connectivity index (χ4n) is 2.43. The van der Waals surface area contributed by atoms with Gasteiger partial charge in [0.25, 0.3) is 0 Å². The normalized spacial score (nSPS) is 16.5. The van der Waals surface area contributed by atoms with Gasteiger partial charge in [-0.05, 0) is 55.4 Å². The number of hydrogen-bond acceptors (Lipinski definition) is 3. The summed E-state index contributed by atoms with van der Waals surface area (Å²) in [5.74, 6) is 0.646. The maximum atomic E-state index is 4.64. The Morgan fingerprint density at radius 1 is 0.737 bits per heavy atom. The van der Waals surface area contributed by atoms with Gasteiger partial charge in [0.15, 0.2) is 0 Å². The number of benzene rings is 1. The third kappa shape index (κ3) is 4.64. The topological polar surface area (TPSA) is 0 Å². The summed E-state index contributed by atoms with van der Waals surface area (Å²) in [6.45, 7) is 10.9. The molecule has 0 bridgehead atoms. The summed E-state index contributed by atoms with van der Waals surface area (Å²) < 4.78 is 0. The van der Waals surface area contributed by atoms with Crippen molar-refractivity contribution < 1.29 is 0 Å². The van der Waals surface area contributed by atoms with Gasteiger partial charge in [-0.25, -0.2) is 0 Å². The summed E-state index contributed by atoms with van der Waals surface area (Å²) in [7, 11) is 0. The molecule has 0 aliphatic rings. The van der Waals surface area contributed by atoms with Crippen molar-refractivity contribution in [3.63, 3.8) is 0 Å². The highest BCUT2D eigenvalue weighted by atomic mass is 32.1. The van der Waals surface area contributed by atoms with Crippen LogP contribution in [-0.4, -0.2) is 0 Å². The number of rotatable bonds is 5. The molecule has 0 nitrogen and oxygen atoms in total. The van der Waals surface area contributed by atoms with E-state index in [1.54, 1.807) is 0 Å². The van der Waals surface area contributed by atoms with Crippen LogP contribution in [-0.2, 0) is 6.42 Å². The van der Waals surface area contributed by atoms with Crippen LogP contribution in [0.1, 0.15) is 72.6 Å². The molecule has 0 heterocycles. The van der Waals surface area contributed by atoms with Gasteiger partial charge in [-0.2, -0.15) is 37.9 Å². The smallest absolute Gasteiger partial charge is 0.0242 e. The first kappa shape index (κ1) is 17.3. The molecule has 3 heteroatoms. The summed E-state index contributed by atoms with van der Waals surface area (Å²) in [6.07, 6.45) is 1.09. The molecule has 19 heavy (non-hydrogen) atoms. The monoisotopic (exact) mass is 314 g/mol. The van der Waals surface area contributed by atoms with Crippen LogP contribution in [0.4, 0.5) is 0 Å². The summed E-state index contributed by atoms with van der Waals surface area (Å²) >= 11 is 13.9. The lowest BCUT2D eigenvalue weighted by atomic mass is 9.89. The third-order valence-electron chi connectivity index (χ3n) is 3.32. The lowest BCUT2D eigenvalue weighted by molar-refractivity contribution is 0.642. The predicted octanol–water partition coefficient (Wildman–Crippen LogP) is 5.86. The van der Waals surface area contributed by atoms with Crippen LogP contribution in [0.5, 0.6) is 0 Å². The highest BCUT2D eigenvalue weighted by Gasteiger charge is 2.17. The minimum absolute atomic E-state index is 0.225. The van der Waals surface area contributed by atoms with Crippen molar-refractivity contribution in [2.75, 3.05) is 0 Å². The minimum Gasteiger partial charge on any atom is -0.171 e. The maximum absolute atomic E-state index is 4.64. The van der Waals surface area contributed by atoms with Crippen molar-refractivity contribution in [3.8, 4) is 0 Å². The molecule has 1 aromatic carbocycles. The Balaban J connectivity index is 3.41. The van der Waals surface area contributed by atoms with E-state index in [0.717, 1.165) is 6.42 Å². The first-order valence-corrected chi connectivity index (χ1v) is 8.49. The van der Waals surface area contributed by atoms with Gasteiger partial charge in [0.1, 0.15) is 0 Å². The molecular formula is C16H26S3. The molecule has 0 aliphatic heterocycles. The molecule has 0 N–H and O–H groups in total. The van der Waals surface area contributed by atoms with E-state index < -0.39 is 0 Å². The minimum atomic E-state index is 0.225. The highest BCUT2D eigenvalue weighted by Crippen LogP contribution is 2.36. The Morgan fingerprint density at radius 2 is 1.16 bits per heavy atom. The van der Waals surface area contributed by atoms with Gasteiger partial charge in [0.05, 0.1) is 0 Å². The van der Waals surface area contributed by atoms with Gasteiger partial charge >= 0.3 is 0 Å². The summed E-state index contributed by atoms with van der Waals surface area (Å²) in [6, 6.07) is 4.61. The van der Waals surface area contributed by atoms with E-state index in [0.29, 0.717) is 5.92 Å². The quantitative estimate of drug-likeness (QED) is 0.557. The van der Waals surface area contributed by atoms with Crippen molar-refractivity contribution in [1.82, 2.24) is 0 Å². The molecule has 0 saturated carbocycles. The summed E-state index contributed by atoms with van der Waals surface area (Å²) in [5.41, 5.74) is 5.34. The summed E-state index contributed by atoms with van der Waals surface area (Å²) in [4.78, 5) is 0. The maximum Gasteiger partial charge on any atom is 0.0242 e. The number of thiol groups is 3. The fraction of sp³-hybridized carbons (Fsp3) is 0.625. The Bertz CT molecular complexity index is 420. The zero-order valence-corrected chi connectivity index (χ0v) is 15.2. The second-order valence-electron chi connectivity index (χ2n) is 5.81. The van der Waals surface area contributed by atoms with E-state index in [9.17, 15) is 0 Å². The van der Waals surface area contributed by atoms with Crippen molar-refractivity contribution in [1.29, 1.82) is 0 Å². The van der Waals surface area contributed by atoms with Crippen LogP contribution >= 0.6 is 37.9 Å². The van der Waals surface area contributed by atoms with E-state index in [1.165, 1.54) is 22.3 Å². The van der Waals surface area contributed by atoms with Crippen molar-refractivity contribution in [3.05, 3.63) is 34.4 Å². The lowest BCUT2D eigenvalue weighted by Gasteiger charge is -2.22. The van der Waals surface area contributed by atoms with E-state index in [2.05, 4.69) is 84.6 Å². The van der Waals surface area contributed by atoms with E-state index in [1.807, 2.05) is 0 Å². The second-order valence-corrected chi connectivity index (χ2v) is 8.13. The van der Waals surface area contributed by atoms with Gasteiger partial charge in [-0.3, -0.25) is 0 Å². The summed E-state index contributed by atoms with van der Waals surface area (Å²) in [5, 5.41) is 0.715. The standard InChI is InChI=1S/C16H26S3/c1-9(2)6-13-7-15(11(4)18)16(12(5)19)8-14(13)10(3)17/h7-12,17-19H,6H2,1-5H3. The van der Waals surface area contributed by atoms with Gasteiger partial charge in [-0.1, -0.05) is 26.0 Å². The van der Waals surface area contributed by atoms with Gasteiger partial charge in [0, 0.05) is 15.7 Å². The Labute approximate surface area is 135 Å². The third-order valence-corrected chi connectivity index (χ3v) is 4.16. The van der Waals surface area contributed by atoms with Gasteiger partial charge < -0.3 is 0 Å². The molecule has 0 saturated heterocycles. The molecule has 0 aliphatic carbocycles. The first-order valence-electron chi connectivity index (χ1n) is 6.94. The largest absolute Gasteiger partial charge is 0.171 e. The van der Waals surface area contributed by atoms with Crippen molar-refractivity contribution in [2.45, 2.75) is 56.8 Å². The number of hydrogen-bond donors (Lipinski definition) is 3. The molecule has 3 unspecified atom stereocenters. The molecule has 1 rings (SSSR count). The molecular weight excluding hydrogens is 288 g/mol. The van der Waals surface area contributed by atoms with Crippen LogP contribution in [0.25, 0.3) is 0 Å². The predicted molar refractivity (Wildman–Crippen MR) is 97.2 cm³/mol. The molecule has 3 atom stereocenters. The fourth-order valence-corrected chi connectivity index (χ4v) is 3.11. The Hall–Kier alpha value is 0.270. The zero-order chi connectivity index (χ0) is 14.7. The van der Waals surface area contributed by atoms with Crippen LogP contribution < -0.4 is 0 Å². The molecule has 108 valence electrons. The average Bonchev–Trinajstić information content (AvgIpc) is 2.26. The van der Waals surface area contributed by atoms with Crippen molar-refractivity contribution in [2.24, 2.45) is 5.92 Å². The lowest BCUT2D eigenvalue weighted by Crippen LogP contribution is -2.06. The van der Waals surface area contributed by atoms with Gasteiger partial charge in [-0.15, -0.1) is 0 Å². The van der Waals surface area contributed by atoms with Crippen molar-refractivity contribution >= 4 is 37.9 Å². The first-order chi connectivity index (χ1) is 8.73. The Morgan fingerprint density at radius 3 is 1.53 bits per heavy atom. The molecule has 0 amide bonds. The van der Waals surface area contributed by atoms with Gasteiger partial charge in [0.2, 0.25) is 0 Å². The molecule has 1 aromatic rings. The second kappa shape index (κ2) is 7.33. The average molecular weight is 315 g/mol. The van der Waals surface area contributed by atoms with E-state index >= 15 is 0 Å². The highest BCUT2D eigenvalue weighted by molar-refractivity contribution is 7.81. The molecule has 0 radical (unpaired) electrons. The van der Waals surface area contributed by atoms with E-state index in [-0.39, 0.29) is 15.7 Å². The van der Waals surface area contributed by atoms with Crippen LogP contribution in [0.3, 0.4) is 0 Å². The van der Waals surface area contributed by atoms with Crippen LogP contribution in [0.15, 0.2) is 12.1 Å². The van der Waals surface area contributed by atoms with Crippen LogP contribution in [0, 0.1) is 5.92 Å². The molecule has 0 fully saturated rings. The SMILES string of the molecule is CC(C)Cc1cc(C(C)S)c(C(C)S)cc1C(C)S. The zero-order valence-electron chi connectivity index (χ0n) is 12.5.